The maximum atomic E-state index is 13.3. The van der Waals surface area contributed by atoms with Crippen LogP contribution >= 0.6 is 0 Å². The van der Waals surface area contributed by atoms with Gasteiger partial charge in [-0.05, 0) is 30.5 Å². The molecule has 1 saturated carbocycles. The SMILES string of the molecule is NCC1(c2cc3c(cc2C(F)(F)F)OCO3)CCCC1. The number of fused-ring (bicyclic) bond motifs is 1. The predicted molar refractivity (Wildman–Crippen MR) is 66.8 cm³/mol. The van der Waals surface area contributed by atoms with Gasteiger partial charge in [-0.1, -0.05) is 12.8 Å². The molecule has 20 heavy (non-hydrogen) atoms. The maximum Gasteiger partial charge on any atom is 0.416 e. The van der Waals surface area contributed by atoms with Gasteiger partial charge in [-0.15, -0.1) is 0 Å². The van der Waals surface area contributed by atoms with Crippen molar-refractivity contribution >= 4 is 0 Å². The number of benzene rings is 1. The van der Waals surface area contributed by atoms with Crippen molar-refractivity contribution in [3.8, 4) is 11.5 Å². The van der Waals surface area contributed by atoms with Crippen molar-refractivity contribution in [2.24, 2.45) is 5.73 Å². The molecular formula is C14H16F3NO2. The molecular weight excluding hydrogens is 271 g/mol. The zero-order valence-electron chi connectivity index (χ0n) is 10.9. The van der Waals surface area contributed by atoms with Crippen molar-refractivity contribution in [3.63, 3.8) is 0 Å². The number of alkyl halides is 3. The standard InChI is InChI=1S/C14H16F3NO2/c15-14(16,17)10-6-12-11(19-8-20-12)5-9(10)13(7-18)3-1-2-4-13/h5-6H,1-4,7-8,18H2. The summed E-state index contributed by atoms with van der Waals surface area (Å²) in [4.78, 5) is 0. The second-order valence-corrected chi connectivity index (χ2v) is 5.44. The van der Waals surface area contributed by atoms with Gasteiger partial charge in [0.15, 0.2) is 11.5 Å². The van der Waals surface area contributed by atoms with Crippen molar-refractivity contribution in [2.45, 2.75) is 37.3 Å². The molecule has 1 fully saturated rings. The average Bonchev–Trinajstić information content (AvgIpc) is 3.05. The van der Waals surface area contributed by atoms with Crippen LogP contribution in [0.3, 0.4) is 0 Å². The van der Waals surface area contributed by atoms with Gasteiger partial charge < -0.3 is 15.2 Å². The summed E-state index contributed by atoms with van der Waals surface area (Å²) in [6.45, 7) is 0.182. The lowest BCUT2D eigenvalue weighted by Crippen LogP contribution is -2.34. The zero-order valence-corrected chi connectivity index (χ0v) is 10.9. The number of halogens is 3. The molecule has 0 amide bonds. The first-order chi connectivity index (χ1) is 9.46. The van der Waals surface area contributed by atoms with Crippen LogP contribution in [0.1, 0.15) is 36.8 Å². The van der Waals surface area contributed by atoms with Crippen LogP contribution in [0.2, 0.25) is 0 Å². The molecule has 0 unspecified atom stereocenters. The smallest absolute Gasteiger partial charge is 0.416 e. The predicted octanol–water partition coefficient (Wildman–Crippen LogP) is 3.20. The highest BCUT2D eigenvalue weighted by Crippen LogP contribution is 2.49. The zero-order chi connectivity index (χ0) is 14.4. The Hall–Kier alpha value is -1.43. The molecule has 0 bridgehead atoms. The minimum absolute atomic E-state index is 0.0360. The van der Waals surface area contributed by atoms with Crippen LogP contribution in [0, 0.1) is 0 Å². The average molecular weight is 287 g/mol. The van der Waals surface area contributed by atoms with E-state index in [9.17, 15) is 13.2 Å². The van der Waals surface area contributed by atoms with E-state index in [0.29, 0.717) is 18.6 Å². The molecule has 0 saturated heterocycles. The van der Waals surface area contributed by atoms with E-state index in [0.717, 1.165) is 18.9 Å². The quantitative estimate of drug-likeness (QED) is 0.908. The highest BCUT2D eigenvalue weighted by Gasteiger charge is 2.44. The van der Waals surface area contributed by atoms with Gasteiger partial charge in [-0.2, -0.15) is 13.2 Å². The molecule has 6 heteroatoms. The summed E-state index contributed by atoms with van der Waals surface area (Å²) in [5.74, 6) is 0.541. The molecule has 2 N–H and O–H groups in total. The molecule has 1 aromatic carbocycles. The molecule has 0 atom stereocenters. The van der Waals surface area contributed by atoms with Gasteiger partial charge in [0.2, 0.25) is 6.79 Å². The van der Waals surface area contributed by atoms with Crippen LogP contribution in [0.4, 0.5) is 13.2 Å². The Balaban J connectivity index is 2.18. The van der Waals surface area contributed by atoms with Crippen LogP contribution in [0.5, 0.6) is 11.5 Å². The molecule has 110 valence electrons. The molecule has 0 aromatic heterocycles. The molecule has 0 spiro atoms. The normalized spacial score (nSPS) is 20.4. The Morgan fingerprint density at radius 1 is 1.10 bits per heavy atom. The Morgan fingerprint density at radius 3 is 2.25 bits per heavy atom. The minimum atomic E-state index is -4.42. The Bertz CT molecular complexity index is 522. The number of hydrogen-bond acceptors (Lipinski definition) is 3. The Labute approximate surface area is 114 Å². The fourth-order valence-corrected chi connectivity index (χ4v) is 3.25. The summed E-state index contributed by atoms with van der Waals surface area (Å²) >= 11 is 0. The van der Waals surface area contributed by atoms with Crippen LogP contribution < -0.4 is 15.2 Å². The lowest BCUT2D eigenvalue weighted by molar-refractivity contribution is -0.138. The van der Waals surface area contributed by atoms with E-state index in [1.54, 1.807) is 0 Å². The van der Waals surface area contributed by atoms with E-state index >= 15 is 0 Å². The summed E-state index contributed by atoms with van der Waals surface area (Å²) < 4.78 is 50.3. The van der Waals surface area contributed by atoms with E-state index in [4.69, 9.17) is 15.2 Å². The van der Waals surface area contributed by atoms with Crippen molar-refractivity contribution < 1.29 is 22.6 Å². The molecule has 1 heterocycles. The van der Waals surface area contributed by atoms with Gasteiger partial charge in [-0.25, -0.2) is 0 Å². The van der Waals surface area contributed by atoms with E-state index in [-0.39, 0.29) is 24.7 Å². The molecule has 2 aliphatic rings. The van der Waals surface area contributed by atoms with E-state index in [1.165, 1.54) is 6.07 Å². The first kappa shape index (κ1) is 13.5. The van der Waals surface area contributed by atoms with Gasteiger partial charge >= 0.3 is 6.18 Å². The monoisotopic (exact) mass is 287 g/mol. The topological polar surface area (TPSA) is 44.5 Å². The van der Waals surface area contributed by atoms with Crippen LogP contribution in [-0.2, 0) is 11.6 Å². The van der Waals surface area contributed by atoms with Gasteiger partial charge in [0.25, 0.3) is 0 Å². The molecule has 0 radical (unpaired) electrons. The highest BCUT2D eigenvalue weighted by molar-refractivity contribution is 5.52. The molecule has 3 nitrogen and oxygen atoms in total. The van der Waals surface area contributed by atoms with Gasteiger partial charge in [-0.3, -0.25) is 0 Å². The number of nitrogens with two attached hydrogens (primary N) is 1. The maximum absolute atomic E-state index is 13.3. The molecule has 1 aliphatic carbocycles. The molecule has 1 aliphatic heterocycles. The van der Waals surface area contributed by atoms with Crippen LogP contribution in [0.15, 0.2) is 12.1 Å². The van der Waals surface area contributed by atoms with Crippen molar-refractivity contribution in [1.29, 1.82) is 0 Å². The van der Waals surface area contributed by atoms with E-state index < -0.39 is 17.2 Å². The van der Waals surface area contributed by atoms with Crippen molar-refractivity contribution in [2.75, 3.05) is 13.3 Å². The number of rotatable bonds is 2. The number of ether oxygens (including phenoxy) is 2. The van der Waals surface area contributed by atoms with E-state index in [1.807, 2.05) is 0 Å². The first-order valence-electron chi connectivity index (χ1n) is 6.68. The second kappa shape index (κ2) is 4.55. The lowest BCUT2D eigenvalue weighted by Gasteiger charge is -2.31. The van der Waals surface area contributed by atoms with Gasteiger partial charge in [0, 0.05) is 12.0 Å². The third-order valence-corrected chi connectivity index (χ3v) is 4.34. The second-order valence-electron chi connectivity index (χ2n) is 5.44. The van der Waals surface area contributed by atoms with Gasteiger partial charge in [0.05, 0.1) is 5.56 Å². The summed E-state index contributed by atoms with van der Waals surface area (Å²) in [7, 11) is 0. The van der Waals surface area contributed by atoms with Gasteiger partial charge in [0.1, 0.15) is 0 Å². The fraction of sp³-hybridized carbons (Fsp3) is 0.571. The third-order valence-electron chi connectivity index (χ3n) is 4.34. The summed E-state index contributed by atoms with van der Waals surface area (Å²) in [5, 5.41) is 0. The largest absolute Gasteiger partial charge is 0.454 e. The summed E-state index contributed by atoms with van der Waals surface area (Å²) in [5.41, 5.74) is 4.84. The summed E-state index contributed by atoms with van der Waals surface area (Å²) in [6, 6.07) is 2.52. The number of hydrogen-bond donors (Lipinski definition) is 1. The van der Waals surface area contributed by atoms with Crippen LogP contribution in [0.25, 0.3) is 0 Å². The lowest BCUT2D eigenvalue weighted by atomic mass is 9.76. The third kappa shape index (κ3) is 2.02. The van der Waals surface area contributed by atoms with Crippen molar-refractivity contribution in [3.05, 3.63) is 23.3 Å². The minimum Gasteiger partial charge on any atom is -0.454 e. The Kier molecular flexibility index (Phi) is 3.08. The van der Waals surface area contributed by atoms with Crippen LogP contribution in [-0.4, -0.2) is 13.3 Å². The Morgan fingerprint density at radius 2 is 1.70 bits per heavy atom. The molecule has 1 aromatic rings. The van der Waals surface area contributed by atoms with Crippen molar-refractivity contribution in [1.82, 2.24) is 0 Å². The van der Waals surface area contributed by atoms with E-state index in [2.05, 4.69) is 0 Å². The highest BCUT2D eigenvalue weighted by atomic mass is 19.4. The fourth-order valence-electron chi connectivity index (χ4n) is 3.25. The molecule has 3 rings (SSSR count). The first-order valence-corrected chi connectivity index (χ1v) is 6.68. The summed E-state index contributed by atoms with van der Waals surface area (Å²) in [6.07, 6.45) is -1.23.